The lowest BCUT2D eigenvalue weighted by Crippen LogP contribution is -2.04. The standard InChI is InChI=1S/C15H9F2NO/c16-12-5-3-6-13(17)11(12)8-10-9-4-1-2-7-14(9)18-15(10)19/h1-8H,(H,18,19)/b10-8-. The number of carbonyl (C=O) groups is 1. The van der Waals surface area contributed by atoms with Gasteiger partial charge in [0.2, 0.25) is 0 Å². The van der Waals surface area contributed by atoms with Gasteiger partial charge in [0.05, 0.1) is 0 Å². The number of nitrogens with one attached hydrogen (secondary N) is 1. The molecule has 0 bridgehead atoms. The van der Waals surface area contributed by atoms with Gasteiger partial charge >= 0.3 is 0 Å². The molecule has 4 heteroatoms. The fraction of sp³-hybridized carbons (Fsp3) is 0. The lowest BCUT2D eigenvalue weighted by molar-refractivity contribution is -0.110. The highest BCUT2D eigenvalue weighted by Gasteiger charge is 2.24. The molecule has 94 valence electrons. The van der Waals surface area contributed by atoms with Crippen LogP contribution in [0.25, 0.3) is 11.6 Å². The second-order valence-electron chi connectivity index (χ2n) is 4.19. The molecule has 1 heterocycles. The molecule has 0 aliphatic carbocycles. The predicted molar refractivity (Wildman–Crippen MR) is 69.3 cm³/mol. The highest BCUT2D eigenvalue weighted by atomic mass is 19.1. The van der Waals surface area contributed by atoms with Crippen molar-refractivity contribution in [1.29, 1.82) is 0 Å². The molecule has 1 amide bonds. The van der Waals surface area contributed by atoms with E-state index in [0.717, 1.165) is 12.1 Å². The zero-order valence-electron chi connectivity index (χ0n) is 9.78. The van der Waals surface area contributed by atoms with Gasteiger partial charge in [0.25, 0.3) is 5.91 Å². The van der Waals surface area contributed by atoms with Gasteiger partial charge in [-0.05, 0) is 24.3 Å². The van der Waals surface area contributed by atoms with Crippen LogP contribution in [0.2, 0.25) is 0 Å². The van der Waals surface area contributed by atoms with Crippen molar-refractivity contribution in [2.75, 3.05) is 5.32 Å². The van der Waals surface area contributed by atoms with Crippen molar-refractivity contribution in [2.45, 2.75) is 0 Å². The van der Waals surface area contributed by atoms with E-state index in [1.54, 1.807) is 24.3 Å². The number of anilines is 1. The van der Waals surface area contributed by atoms with Gasteiger partial charge in [-0.3, -0.25) is 4.79 Å². The molecule has 1 aliphatic rings. The minimum absolute atomic E-state index is 0.204. The average Bonchev–Trinajstić information content (AvgIpc) is 2.70. The molecule has 2 aromatic carbocycles. The van der Waals surface area contributed by atoms with Gasteiger partial charge in [0, 0.05) is 22.4 Å². The third-order valence-electron chi connectivity index (χ3n) is 3.00. The van der Waals surface area contributed by atoms with Crippen molar-refractivity contribution in [3.05, 3.63) is 65.2 Å². The van der Waals surface area contributed by atoms with Crippen LogP contribution in [-0.4, -0.2) is 5.91 Å². The molecule has 2 aromatic rings. The van der Waals surface area contributed by atoms with Crippen LogP contribution in [0.3, 0.4) is 0 Å². The molecule has 0 atom stereocenters. The Morgan fingerprint density at radius 1 is 0.947 bits per heavy atom. The van der Waals surface area contributed by atoms with Crippen molar-refractivity contribution in [2.24, 2.45) is 0 Å². The van der Waals surface area contributed by atoms with Crippen LogP contribution in [0.5, 0.6) is 0 Å². The average molecular weight is 257 g/mol. The Kier molecular flexibility index (Phi) is 2.63. The van der Waals surface area contributed by atoms with Gasteiger partial charge in [0.15, 0.2) is 0 Å². The Labute approximate surface area is 108 Å². The maximum atomic E-state index is 13.6. The number of rotatable bonds is 1. The molecule has 0 radical (unpaired) electrons. The summed E-state index contributed by atoms with van der Waals surface area (Å²) in [5.41, 5.74) is 1.36. The summed E-state index contributed by atoms with van der Waals surface area (Å²) in [5, 5.41) is 2.65. The van der Waals surface area contributed by atoms with Crippen LogP contribution >= 0.6 is 0 Å². The maximum Gasteiger partial charge on any atom is 0.256 e. The smallest absolute Gasteiger partial charge is 0.256 e. The molecular weight excluding hydrogens is 248 g/mol. The van der Waals surface area contributed by atoms with E-state index in [1.165, 1.54) is 12.1 Å². The SMILES string of the molecule is O=C1Nc2ccccc2/C1=C/c1c(F)cccc1F. The van der Waals surface area contributed by atoms with E-state index >= 15 is 0 Å². The predicted octanol–water partition coefficient (Wildman–Crippen LogP) is 3.46. The normalized spacial score (nSPS) is 15.5. The number of amides is 1. The largest absolute Gasteiger partial charge is 0.321 e. The highest BCUT2D eigenvalue weighted by molar-refractivity contribution is 6.34. The first-order valence-corrected chi connectivity index (χ1v) is 5.73. The molecule has 3 rings (SSSR count). The van der Waals surface area contributed by atoms with E-state index in [0.29, 0.717) is 11.3 Å². The van der Waals surface area contributed by atoms with Gasteiger partial charge in [-0.25, -0.2) is 8.78 Å². The summed E-state index contributed by atoms with van der Waals surface area (Å²) >= 11 is 0. The number of benzene rings is 2. The van der Waals surface area contributed by atoms with Gasteiger partial charge in [-0.1, -0.05) is 24.3 Å². The highest BCUT2D eigenvalue weighted by Crippen LogP contribution is 2.33. The Bertz CT molecular complexity index is 687. The Morgan fingerprint density at radius 3 is 2.37 bits per heavy atom. The zero-order valence-corrected chi connectivity index (χ0v) is 9.78. The summed E-state index contributed by atoms with van der Waals surface area (Å²) < 4.78 is 27.2. The molecule has 0 saturated carbocycles. The molecule has 0 aromatic heterocycles. The third-order valence-corrected chi connectivity index (χ3v) is 3.00. The maximum absolute atomic E-state index is 13.6. The molecular formula is C15H9F2NO. The third kappa shape index (κ3) is 1.91. The van der Waals surface area contributed by atoms with Crippen molar-refractivity contribution >= 4 is 23.2 Å². The zero-order chi connectivity index (χ0) is 13.4. The van der Waals surface area contributed by atoms with E-state index in [9.17, 15) is 13.6 Å². The molecule has 2 nitrogen and oxygen atoms in total. The first-order valence-electron chi connectivity index (χ1n) is 5.73. The Balaban J connectivity index is 2.17. The molecule has 0 unspecified atom stereocenters. The number of fused-ring (bicyclic) bond motifs is 1. The summed E-state index contributed by atoms with van der Waals surface area (Å²) in [6.07, 6.45) is 1.24. The number of hydrogen-bond acceptors (Lipinski definition) is 1. The van der Waals surface area contributed by atoms with E-state index in [-0.39, 0.29) is 17.0 Å². The second kappa shape index (κ2) is 4.31. The molecule has 1 N–H and O–H groups in total. The van der Waals surface area contributed by atoms with Gasteiger partial charge in [-0.2, -0.15) is 0 Å². The Hall–Kier alpha value is -2.49. The van der Waals surface area contributed by atoms with E-state index in [1.807, 2.05) is 0 Å². The molecule has 1 aliphatic heterocycles. The fourth-order valence-electron chi connectivity index (χ4n) is 2.08. The van der Waals surface area contributed by atoms with Crippen molar-refractivity contribution in [3.8, 4) is 0 Å². The van der Waals surface area contributed by atoms with Crippen LogP contribution in [0, 0.1) is 11.6 Å². The Morgan fingerprint density at radius 2 is 1.63 bits per heavy atom. The number of halogens is 2. The number of carbonyl (C=O) groups excluding carboxylic acids is 1. The summed E-state index contributed by atoms with van der Waals surface area (Å²) in [6.45, 7) is 0. The van der Waals surface area contributed by atoms with Crippen molar-refractivity contribution in [1.82, 2.24) is 0 Å². The first-order chi connectivity index (χ1) is 9.16. The lowest BCUT2D eigenvalue weighted by atomic mass is 10.0. The van der Waals surface area contributed by atoms with E-state index < -0.39 is 11.6 Å². The fourth-order valence-corrected chi connectivity index (χ4v) is 2.08. The lowest BCUT2D eigenvalue weighted by Gasteiger charge is -2.01. The van der Waals surface area contributed by atoms with E-state index in [4.69, 9.17) is 0 Å². The van der Waals surface area contributed by atoms with Crippen molar-refractivity contribution in [3.63, 3.8) is 0 Å². The molecule has 0 saturated heterocycles. The van der Waals surface area contributed by atoms with Crippen LogP contribution in [0.1, 0.15) is 11.1 Å². The minimum atomic E-state index is -0.690. The summed E-state index contributed by atoms with van der Waals surface area (Å²) in [5.74, 6) is -1.74. The van der Waals surface area contributed by atoms with Crippen LogP contribution < -0.4 is 5.32 Å². The molecule has 0 spiro atoms. The quantitative estimate of drug-likeness (QED) is 0.779. The van der Waals surface area contributed by atoms with Gasteiger partial charge in [-0.15, -0.1) is 0 Å². The van der Waals surface area contributed by atoms with Crippen LogP contribution in [0.15, 0.2) is 42.5 Å². The summed E-state index contributed by atoms with van der Waals surface area (Å²) in [4.78, 5) is 11.8. The minimum Gasteiger partial charge on any atom is -0.321 e. The van der Waals surface area contributed by atoms with E-state index in [2.05, 4.69) is 5.32 Å². The van der Waals surface area contributed by atoms with Crippen LogP contribution in [-0.2, 0) is 4.79 Å². The van der Waals surface area contributed by atoms with Crippen molar-refractivity contribution < 1.29 is 13.6 Å². The second-order valence-corrected chi connectivity index (χ2v) is 4.19. The monoisotopic (exact) mass is 257 g/mol. The van der Waals surface area contributed by atoms with Gasteiger partial charge in [0.1, 0.15) is 11.6 Å². The topological polar surface area (TPSA) is 29.1 Å². The molecule has 19 heavy (non-hydrogen) atoms. The molecule has 0 fully saturated rings. The number of para-hydroxylation sites is 1. The van der Waals surface area contributed by atoms with Gasteiger partial charge < -0.3 is 5.32 Å². The summed E-state index contributed by atoms with van der Waals surface area (Å²) in [6, 6.07) is 10.6. The first kappa shape index (κ1) is 11.6. The summed E-state index contributed by atoms with van der Waals surface area (Å²) in [7, 11) is 0. The van der Waals surface area contributed by atoms with Crippen LogP contribution in [0.4, 0.5) is 14.5 Å². The number of hydrogen-bond donors (Lipinski definition) is 1.